The summed E-state index contributed by atoms with van der Waals surface area (Å²) >= 11 is 0. The number of fused-ring (bicyclic) bond motifs is 3. The Kier molecular flexibility index (Phi) is 5.31. The maximum atomic E-state index is 6.59. The second-order valence-corrected chi connectivity index (χ2v) is 9.62. The number of aliphatic imine (C=N–C) groups is 2. The number of nitrogens with zero attached hydrogens (tertiary/aromatic N) is 4. The van der Waals surface area contributed by atoms with Gasteiger partial charge in [0.15, 0.2) is 5.82 Å². The third kappa shape index (κ3) is 3.79. The number of nitrogens with one attached hydrogen (secondary N) is 5. The molecule has 5 heterocycles. The summed E-state index contributed by atoms with van der Waals surface area (Å²) in [6.45, 7) is 3.37. The van der Waals surface area contributed by atoms with Gasteiger partial charge in [0.25, 0.3) is 0 Å². The van der Waals surface area contributed by atoms with Crippen molar-refractivity contribution in [1.82, 2.24) is 35.6 Å². The maximum Gasteiger partial charge on any atom is 0.157 e. The van der Waals surface area contributed by atoms with Crippen molar-refractivity contribution in [2.45, 2.75) is 0 Å². The number of benzene rings is 3. The Morgan fingerprint density at radius 3 is 1.79 bits per heavy atom. The van der Waals surface area contributed by atoms with Crippen LogP contribution in [0, 0.1) is 0 Å². The first-order valence-corrected chi connectivity index (χ1v) is 12.7. The van der Waals surface area contributed by atoms with Crippen molar-refractivity contribution in [3.05, 3.63) is 65.7 Å². The van der Waals surface area contributed by atoms with Gasteiger partial charge in [0.2, 0.25) is 0 Å². The average Bonchev–Trinajstić information content (AvgIpc) is 3.77. The Morgan fingerprint density at radius 2 is 1.18 bits per heavy atom. The molecule has 0 spiro atoms. The summed E-state index contributed by atoms with van der Waals surface area (Å²) in [5.74, 6) is 3.36. The van der Waals surface area contributed by atoms with Crippen LogP contribution in [0.3, 0.4) is 0 Å². The Hall–Kier alpha value is -4.83. The largest absolute Gasteiger partial charge is 0.396 e. The van der Waals surface area contributed by atoms with Gasteiger partial charge in [-0.15, -0.1) is 12.4 Å². The molecule has 3 aromatic carbocycles. The van der Waals surface area contributed by atoms with E-state index in [-0.39, 0.29) is 12.4 Å². The van der Waals surface area contributed by atoms with Gasteiger partial charge in [-0.05, 0) is 42.5 Å². The van der Waals surface area contributed by atoms with Gasteiger partial charge in [-0.3, -0.25) is 9.98 Å². The van der Waals surface area contributed by atoms with E-state index in [2.05, 4.69) is 59.8 Å². The molecule has 0 aliphatic carbocycles. The second-order valence-electron chi connectivity index (χ2n) is 9.62. The molecule has 0 atom stereocenters. The van der Waals surface area contributed by atoms with E-state index in [0.29, 0.717) is 11.5 Å². The van der Waals surface area contributed by atoms with Crippen LogP contribution in [-0.2, 0) is 0 Å². The molecule has 0 saturated heterocycles. The van der Waals surface area contributed by atoms with E-state index in [1.807, 2.05) is 30.3 Å². The molecule has 10 nitrogen and oxygen atoms in total. The number of aromatic nitrogens is 5. The van der Waals surface area contributed by atoms with E-state index in [0.717, 1.165) is 99.0 Å². The lowest BCUT2D eigenvalue weighted by Gasteiger charge is -2.01. The zero-order valence-corrected chi connectivity index (χ0v) is 21.6. The number of rotatable bonds is 4. The first-order chi connectivity index (χ1) is 18.7. The van der Waals surface area contributed by atoms with Crippen molar-refractivity contribution in [1.29, 1.82) is 0 Å². The van der Waals surface area contributed by atoms with Crippen molar-refractivity contribution in [2.24, 2.45) is 9.98 Å². The molecule has 8 rings (SSSR count). The lowest BCUT2D eigenvalue weighted by molar-refractivity contribution is 0.960. The second kappa shape index (κ2) is 8.88. The van der Waals surface area contributed by atoms with Gasteiger partial charge in [-0.1, -0.05) is 12.1 Å². The molecule has 0 radical (unpaired) electrons. The summed E-state index contributed by atoms with van der Waals surface area (Å²) in [6, 6.07) is 18.4. The van der Waals surface area contributed by atoms with Crippen molar-refractivity contribution in [3.8, 4) is 22.9 Å². The Bertz CT molecular complexity index is 1960. The van der Waals surface area contributed by atoms with Crippen molar-refractivity contribution >= 4 is 62.7 Å². The number of hydrogen-bond donors (Lipinski definition) is 6. The van der Waals surface area contributed by atoms with Crippen LogP contribution in [0.5, 0.6) is 0 Å². The van der Waals surface area contributed by atoms with Gasteiger partial charge >= 0.3 is 0 Å². The highest BCUT2D eigenvalue weighted by molar-refractivity contribution is 6.04. The van der Waals surface area contributed by atoms with E-state index < -0.39 is 0 Å². The minimum absolute atomic E-state index is 0. The van der Waals surface area contributed by atoms with Crippen molar-refractivity contribution in [3.63, 3.8) is 0 Å². The first-order valence-electron chi connectivity index (χ1n) is 12.7. The molecule has 0 bridgehead atoms. The summed E-state index contributed by atoms with van der Waals surface area (Å²) in [5.41, 5.74) is 15.7. The summed E-state index contributed by atoms with van der Waals surface area (Å²) < 4.78 is 0. The highest BCUT2D eigenvalue weighted by Gasteiger charge is 2.17. The Balaban J connectivity index is 0.00000253. The fourth-order valence-electron chi connectivity index (χ4n) is 5.30. The predicted octanol–water partition coefficient (Wildman–Crippen LogP) is 3.96. The number of nitrogens with two attached hydrogens (primary N) is 1. The molecule has 194 valence electrons. The van der Waals surface area contributed by atoms with Gasteiger partial charge in [-0.25, -0.2) is 9.97 Å². The minimum Gasteiger partial charge on any atom is -0.396 e. The van der Waals surface area contributed by atoms with Crippen LogP contribution in [-0.4, -0.2) is 62.8 Å². The van der Waals surface area contributed by atoms with Gasteiger partial charge in [0.05, 0.1) is 40.8 Å². The van der Waals surface area contributed by atoms with Crippen LogP contribution in [0.15, 0.2) is 64.6 Å². The maximum absolute atomic E-state index is 6.59. The number of amidine groups is 2. The number of nitrogen functional groups attached to an aromatic ring is 1. The van der Waals surface area contributed by atoms with Gasteiger partial charge < -0.3 is 31.3 Å². The monoisotopic (exact) mass is 536 g/mol. The topological polar surface area (TPSA) is 148 Å². The quantitative estimate of drug-likeness (QED) is 0.202. The summed E-state index contributed by atoms with van der Waals surface area (Å²) in [5, 5.41) is 7.59. The minimum atomic E-state index is 0. The van der Waals surface area contributed by atoms with Gasteiger partial charge in [0.1, 0.15) is 23.2 Å². The molecule has 39 heavy (non-hydrogen) atoms. The van der Waals surface area contributed by atoms with Crippen LogP contribution in [0.1, 0.15) is 11.1 Å². The zero-order valence-electron chi connectivity index (χ0n) is 20.8. The number of hydrogen-bond acceptors (Lipinski definition) is 7. The van der Waals surface area contributed by atoms with E-state index in [1.165, 1.54) is 0 Å². The van der Waals surface area contributed by atoms with E-state index >= 15 is 0 Å². The predicted molar refractivity (Wildman–Crippen MR) is 159 cm³/mol. The lowest BCUT2D eigenvalue weighted by atomic mass is 10.1. The molecule has 11 heteroatoms. The number of H-pyrrole nitrogens is 3. The average molecular weight is 537 g/mol. The van der Waals surface area contributed by atoms with Gasteiger partial charge in [-0.2, -0.15) is 0 Å². The van der Waals surface area contributed by atoms with Crippen molar-refractivity contribution in [2.75, 3.05) is 31.9 Å². The van der Waals surface area contributed by atoms with E-state index in [9.17, 15) is 0 Å². The number of aromatic amines is 3. The SMILES string of the molecule is Cl.Nc1c(-c2nc3ccc(C4=NCCN4)cc3[nH]2)[nH]c2cc(-c3nc4ccc(C5=NCCN5)cc4[nH]3)ccc12. The highest BCUT2D eigenvalue weighted by atomic mass is 35.5. The molecule has 2 aliphatic heterocycles. The molecular formula is C28H25ClN10. The lowest BCUT2D eigenvalue weighted by Crippen LogP contribution is -2.19. The van der Waals surface area contributed by atoms with E-state index in [1.54, 1.807) is 0 Å². The molecule has 0 unspecified atom stereocenters. The van der Waals surface area contributed by atoms with Crippen LogP contribution in [0.25, 0.3) is 55.9 Å². The molecule has 7 N–H and O–H groups in total. The molecule has 6 aromatic rings. The summed E-state index contributed by atoms with van der Waals surface area (Å²) in [6.07, 6.45) is 0. The molecule has 0 saturated carbocycles. The van der Waals surface area contributed by atoms with Crippen LogP contribution in [0.4, 0.5) is 5.69 Å². The third-order valence-electron chi connectivity index (χ3n) is 7.21. The van der Waals surface area contributed by atoms with Crippen LogP contribution < -0.4 is 16.4 Å². The molecular weight excluding hydrogens is 512 g/mol. The normalized spacial score (nSPS) is 14.9. The van der Waals surface area contributed by atoms with Crippen LogP contribution in [0.2, 0.25) is 0 Å². The molecule has 2 aliphatic rings. The number of imidazole rings is 2. The standard InChI is InChI=1S/C28H24N10.ClH/c29-23-17-4-1-16(27-35-18-5-2-14(12-21(18)37-27)25-30-7-8-31-25)11-20(17)34-24(23)28-36-19-6-3-15(13-22(19)38-28)26-32-9-10-33-26;/h1-6,11-13,34H,7-10,29H2,(H,30,31)(H,32,33)(H,35,37)(H,36,38);1H. The third-order valence-corrected chi connectivity index (χ3v) is 7.21. The number of halogens is 1. The highest BCUT2D eigenvalue weighted by Crippen LogP contribution is 2.34. The van der Waals surface area contributed by atoms with E-state index in [4.69, 9.17) is 15.7 Å². The van der Waals surface area contributed by atoms with Gasteiger partial charge in [0, 0.05) is 40.7 Å². The smallest absolute Gasteiger partial charge is 0.157 e. The zero-order chi connectivity index (χ0) is 25.2. The summed E-state index contributed by atoms with van der Waals surface area (Å²) in [7, 11) is 0. The summed E-state index contributed by atoms with van der Waals surface area (Å²) in [4.78, 5) is 29.0. The Labute approximate surface area is 228 Å². The fraction of sp³-hybridized carbons (Fsp3) is 0.143. The molecule has 3 aromatic heterocycles. The van der Waals surface area contributed by atoms with Crippen molar-refractivity contribution < 1.29 is 0 Å². The van der Waals surface area contributed by atoms with Crippen LogP contribution >= 0.6 is 12.4 Å². The first kappa shape index (κ1) is 23.3. The molecule has 0 fully saturated rings. The fourth-order valence-corrected chi connectivity index (χ4v) is 5.30. The molecule has 0 amide bonds. The number of anilines is 1. The Morgan fingerprint density at radius 1 is 0.615 bits per heavy atom.